The molecule has 3 aromatic rings. The van der Waals surface area contributed by atoms with E-state index in [1.165, 1.54) is 18.2 Å². The normalized spacial score (nSPS) is 10.9. The lowest BCUT2D eigenvalue weighted by molar-refractivity contribution is 0.0690. The fourth-order valence-corrected chi connectivity index (χ4v) is 1.81. The largest absolute Gasteiger partial charge is 0.477 e. The van der Waals surface area contributed by atoms with Crippen molar-refractivity contribution in [1.29, 1.82) is 0 Å². The zero-order valence-corrected chi connectivity index (χ0v) is 9.07. The third kappa shape index (κ3) is 1.64. The van der Waals surface area contributed by atoms with Crippen LogP contribution >= 0.6 is 0 Å². The monoisotopic (exact) mass is 245 g/mol. The van der Waals surface area contributed by atoms with Gasteiger partial charge in [-0.25, -0.2) is 9.18 Å². The van der Waals surface area contributed by atoms with Crippen LogP contribution in [0.15, 0.2) is 30.3 Å². The summed E-state index contributed by atoms with van der Waals surface area (Å²) in [6.07, 6.45) is 0. The van der Waals surface area contributed by atoms with Gasteiger partial charge in [0.2, 0.25) is 0 Å². The van der Waals surface area contributed by atoms with Crippen LogP contribution < -0.4 is 0 Å². The lowest BCUT2D eigenvalue weighted by Crippen LogP contribution is -1.95. The number of fused-ring (bicyclic) bond motifs is 1. The number of hydrogen-bond donors (Lipinski definition) is 3. The molecule has 0 saturated heterocycles. The lowest BCUT2D eigenvalue weighted by Gasteiger charge is -1.88. The van der Waals surface area contributed by atoms with Gasteiger partial charge in [0, 0.05) is 17.0 Å². The Balaban J connectivity index is 2.10. The topological polar surface area (TPSA) is 81.8 Å². The number of benzene rings is 1. The molecule has 18 heavy (non-hydrogen) atoms. The van der Waals surface area contributed by atoms with Crippen molar-refractivity contribution in [3.63, 3.8) is 0 Å². The molecule has 2 heterocycles. The summed E-state index contributed by atoms with van der Waals surface area (Å²) in [5.74, 6) is -1.39. The van der Waals surface area contributed by atoms with Gasteiger partial charge in [0.1, 0.15) is 17.2 Å². The van der Waals surface area contributed by atoms with E-state index in [2.05, 4.69) is 15.2 Å². The fourth-order valence-electron chi connectivity index (χ4n) is 1.81. The third-order valence-corrected chi connectivity index (χ3v) is 2.67. The van der Waals surface area contributed by atoms with E-state index in [0.29, 0.717) is 16.8 Å². The molecule has 0 saturated carbocycles. The van der Waals surface area contributed by atoms with Gasteiger partial charge in [-0.1, -0.05) is 0 Å². The Morgan fingerprint density at radius 2 is 2.11 bits per heavy atom. The van der Waals surface area contributed by atoms with Gasteiger partial charge in [0.05, 0.1) is 5.69 Å². The van der Waals surface area contributed by atoms with Gasteiger partial charge in [-0.05, 0) is 24.3 Å². The Morgan fingerprint density at radius 1 is 1.28 bits per heavy atom. The molecule has 6 heteroatoms. The number of carboxylic acids is 1. The first kappa shape index (κ1) is 10.5. The van der Waals surface area contributed by atoms with Gasteiger partial charge in [0.25, 0.3) is 0 Å². The van der Waals surface area contributed by atoms with Gasteiger partial charge in [-0.15, -0.1) is 0 Å². The number of nitrogens with one attached hydrogen (secondary N) is 2. The molecular weight excluding hydrogens is 237 g/mol. The number of aromatic carboxylic acids is 1. The van der Waals surface area contributed by atoms with Gasteiger partial charge >= 0.3 is 5.97 Å². The van der Waals surface area contributed by atoms with Crippen molar-refractivity contribution in [3.05, 3.63) is 41.8 Å². The molecule has 0 atom stereocenters. The van der Waals surface area contributed by atoms with Gasteiger partial charge in [-0.3, -0.25) is 5.10 Å². The number of halogens is 1. The van der Waals surface area contributed by atoms with Crippen molar-refractivity contribution in [2.45, 2.75) is 0 Å². The number of carboxylic acid groups (broad SMARTS) is 1. The first-order chi connectivity index (χ1) is 8.63. The van der Waals surface area contributed by atoms with Crippen molar-refractivity contribution < 1.29 is 14.3 Å². The second kappa shape index (κ2) is 3.69. The highest BCUT2D eigenvalue weighted by molar-refractivity contribution is 5.88. The van der Waals surface area contributed by atoms with Crippen LogP contribution in [0, 0.1) is 5.82 Å². The summed E-state index contributed by atoms with van der Waals surface area (Å²) in [5.41, 5.74) is 1.89. The summed E-state index contributed by atoms with van der Waals surface area (Å²) in [6, 6.07) is 7.53. The zero-order valence-electron chi connectivity index (χ0n) is 9.07. The molecule has 0 aliphatic heterocycles. The molecule has 0 fully saturated rings. The lowest BCUT2D eigenvalue weighted by atomic mass is 10.2. The predicted octanol–water partition coefficient (Wildman–Crippen LogP) is 2.40. The minimum atomic E-state index is -1.07. The summed E-state index contributed by atoms with van der Waals surface area (Å²) in [6.45, 7) is 0. The van der Waals surface area contributed by atoms with E-state index in [1.54, 1.807) is 12.1 Å². The highest BCUT2D eigenvalue weighted by Gasteiger charge is 2.11. The number of hydrogen-bond acceptors (Lipinski definition) is 2. The molecule has 90 valence electrons. The number of carbonyl (C=O) groups is 1. The summed E-state index contributed by atoms with van der Waals surface area (Å²) in [7, 11) is 0. The van der Waals surface area contributed by atoms with E-state index in [0.717, 1.165) is 5.52 Å². The van der Waals surface area contributed by atoms with Crippen LogP contribution in [-0.2, 0) is 0 Å². The average Bonchev–Trinajstić information content (AvgIpc) is 2.93. The highest BCUT2D eigenvalue weighted by Crippen LogP contribution is 2.23. The van der Waals surface area contributed by atoms with E-state index in [4.69, 9.17) is 5.11 Å². The highest BCUT2D eigenvalue weighted by atomic mass is 19.1. The van der Waals surface area contributed by atoms with Crippen molar-refractivity contribution >= 4 is 16.9 Å². The Kier molecular flexibility index (Phi) is 2.16. The molecule has 0 bridgehead atoms. The molecule has 0 amide bonds. The molecule has 1 aromatic carbocycles. The molecule has 0 radical (unpaired) electrons. The summed E-state index contributed by atoms with van der Waals surface area (Å²) >= 11 is 0. The van der Waals surface area contributed by atoms with Crippen LogP contribution in [0.1, 0.15) is 10.5 Å². The number of H-pyrrole nitrogens is 2. The van der Waals surface area contributed by atoms with E-state index in [1.807, 2.05) is 0 Å². The van der Waals surface area contributed by atoms with Crippen molar-refractivity contribution in [2.75, 3.05) is 0 Å². The Labute approximate surface area is 100 Å². The minimum absolute atomic E-state index is 0.00911. The number of aromatic amines is 2. The molecule has 0 aliphatic rings. The number of aromatic nitrogens is 3. The maximum atomic E-state index is 13.0. The maximum absolute atomic E-state index is 13.0. The average molecular weight is 245 g/mol. The molecule has 0 spiro atoms. The van der Waals surface area contributed by atoms with Crippen LogP contribution in [-0.4, -0.2) is 26.3 Å². The van der Waals surface area contributed by atoms with Crippen LogP contribution in [0.4, 0.5) is 4.39 Å². The first-order valence-corrected chi connectivity index (χ1v) is 5.21. The van der Waals surface area contributed by atoms with Crippen LogP contribution in [0.2, 0.25) is 0 Å². The molecule has 0 aliphatic carbocycles. The SMILES string of the molecule is O=C(O)c1cc(-c2cc3cc(F)ccc3[nH]2)n[nH]1. The predicted molar refractivity (Wildman–Crippen MR) is 62.8 cm³/mol. The minimum Gasteiger partial charge on any atom is -0.477 e. The second-order valence-electron chi connectivity index (χ2n) is 3.89. The molecule has 5 nitrogen and oxygen atoms in total. The summed E-state index contributed by atoms with van der Waals surface area (Å²) in [5, 5.41) is 15.8. The van der Waals surface area contributed by atoms with E-state index in [9.17, 15) is 9.18 Å². The van der Waals surface area contributed by atoms with Crippen molar-refractivity contribution in [2.24, 2.45) is 0 Å². The van der Waals surface area contributed by atoms with E-state index in [-0.39, 0.29) is 11.5 Å². The fraction of sp³-hybridized carbons (Fsp3) is 0. The molecule has 0 unspecified atom stereocenters. The van der Waals surface area contributed by atoms with Crippen molar-refractivity contribution in [1.82, 2.24) is 15.2 Å². The van der Waals surface area contributed by atoms with Crippen LogP contribution in [0.5, 0.6) is 0 Å². The van der Waals surface area contributed by atoms with Gasteiger partial charge < -0.3 is 10.1 Å². The smallest absolute Gasteiger partial charge is 0.353 e. The summed E-state index contributed by atoms with van der Waals surface area (Å²) in [4.78, 5) is 13.8. The second-order valence-corrected chi connectivity index (χ2v) is 3.89. The third-order valence-electron chi connectivity index (χ3n) is 2.67. The molecule has 3 rings (SSSR count). The zero-order chi connectivity index (χ0) is 12.7. The number of rotatable bonds is 2. The van der Waals surface area contributed by atoms with Crippen LogP contribution in [0.25, 0.3) is 22.3 Å². The first-order valence-electron chi connectivity index (χ1n) is 5.21. The van der Waals surface area contributed by atoms with E-state index < -0.39 is 5.97 Å². The maximum Gasteiger partial charge on any atom is 0.353 e. The Morgan fingerprint density at radius 3 is 2.83 bits per heavy atom. The van der Waals surface area contributed by atoms with Crippen molar-refractivity contribution in [3.8, 4) is 11.4 Å². The Hall–Kier alpha value is -2.63. The molecular formula is C12H8FN3O2. The number of nitrogens with zero attached hydrogens (tertiary/aromatic N) is 1. The molecule has 2 aromatic heterocycles. The van der Waals surface area contributed by atoms with E-state index >= 15 is 0 Å². The Bertz CT molecular complexity index is 745. The standard InChI is InChI=1S/C12H8FN3O2/c13-7-1-2-8-6(3-7)4-9(14-8)10-5-11(12(17)18)16-15-10/h1-5,14H,(H,15,16)(H,17,18). The van der Waals surface area contributed by atoms with Gasteiger partial charge in [-0.2, -0.15) is 5.10 Å². The summed E-state index contributed by atoms with van der Waals surface area (Å²) < 4.78 is 13.0. The van der Waals surface area contributed by atoms with Gasteiger partial charge in [0.15, 0.2) is 0 Å². The quantitative estimate of drug-likeness (QED) is 0.648. The molecule has 3 N–H and O–H groups in total. The van der Waals surface area contributed by atoms with Crippen LogP contribution in [0.3, 0.4) is 0 Å².